The lowest BCUT2D eigenvalue weighted by molar-refractivity contribution is -0.138. The van der Waals surface area contributed by atoms with Gasteiger partial charge >= 0.3 is 5.97 Å². The number of aromatic hydroxyl groups is 2. The summed E-state index contributed by atoms with van der Waals surface area (Å²) in [4.78, 5) is 11.0. The quantitative estimate of drug-likeness (QED) is 0.397. The van der Waals surface area contributed by atoms with E-state index in [-0.39, 0.29) is 24.7 Å². The fourth-order valence-corrected chi connectivity index (χ4v) is 1.00. The minimum atomic E-state index is -0.582. The summed E-state index contributed by atoms with van der Waals surface area (Å²) in [6.45, 7) is -0.274. The number of aliphatic hydroxyl groups is 1. The maximum absolute atomic E-state index is 11.0. The van der Waals surface area contributed by atoms with Crippen LogP contribution in [0.2, 0.25) is 0 Å². The molecule has 16 heavy (non-hydrogen) atoms. The molecule has 0 amide bonds. The molecule has 0 heterocycles. The van der Waals surface area contributed by atoms with Crippen LogP contribution >= 0.6 is 0 Å². The second kappa shape index (κ2) is 5.77. The van der Waals surface area contributed by atoms with Gasteiger partial charge in [0.1, 0.15) is 6.61 Å². The van der Waals surface area contributed by atoms with E-state index in [1.165, 1.54) is 30.4 Å². The van der Waals surface area contributed by atoms with Crippen molar-refractivity contribution in [1.82, 2.24) is 0 Å². The van der Waals surface area contributed by atoms with E-state index in [1.54, 1.807) is 0 Å². The van der Waals surface area contributed by atoms with E-state index in [1.807, 2.05) is 0 Å². The molecular weight excluding hydrogens is 212 g/mol. The zero-order valence-corrected chi connectivity index (χ0v) is 8.46. The number of phenols is 2. The van der Waals surface area contributed by atoms with Gasteiger partial charge in [0.2, 0.25) is 0 Å². The second-order valence-corrected chi connectivity index (χ2v) is 2.97. The van der Waals surface area contributed by atoms with Crippen molar-refractivity contribution in [3.05, 3.63) is 29.8 Å². The minimum Gasteiger partial charge on any atom is -0.504 e. The summed E-state index contributed by atoms with van der Waals surface area (Å²) in [5.74, 6) is -1.06. The molecular formula is C11H12O5. The van der Waals surface area contributed by atoms with Crippen LogP contribution in [-0.2, 0) is 9.53 Å². The number of carbonyl (C=O) groups is 1. The van der Waals surface area contributed by atoms with Crippen molar-refractivity contribution in [3.8, 4) is 11.5 Å². The van der Waals surface area contributed by atoms with Gasteiger partial charge in [-0.2, -0.15) is 0 Å². The van der Waals surface area contributed by atoms with E-state index < -0.39 is 5.97 Å². The van der Waals surface area contributed by atoms with Crippen molar-refractivity contribution in [1.29, 1.82) is 0 Å². The molecule has 1 aromatic rings. The maximum atomic E-state index is 11.0. The van der Waals surface area contributed by atoms with Gasteiger partial charge in [0, 0.05) is 6.08 Å². The number of ether oxygens (including phenoxy) is 1. The second-order valence-electron chi connectivity index (χ2n) is 2.97. The van der Waals surface area contributed by atoms with Gasteiger partial charge < -0.3 is 20.1 Å². The molecule has 1 rings (SSSR count). The summed E-state index contributed by atoms with van der Waals surface area (Å²) in [6.07, 6.45) is 2.60. The summed E-state index contributed by atoms with van der Waals surface area (Å²) in [5, 5.41) is 26.6. The van der Waals surface area contributed by atoms with E-state index in [4.69, 9.17) is 10.2 Å². The van der Waals surface area contributed by atoms with Crippen LogP contribution in [0, 0.1) is 0 Å². The van der Waals surface area contributed by atoms with E-state index in [0.29, 0.717) is 5.56 Å². The zero-order valence-electron chi connectivity index (χ0n) is 8.46. The highest BCUT2D eigenvalue weighted by atomic mass is 16.5. The Morgan fingerprint density at radius 1 is 1.31 bits per heavy atom. The van der Waals surface area contributed by atoms with Gasteiger partial charge in [0.05, 0.1) is 6.61 Å². The van der Waals surface area contributed by atoms with Crippen LogP contribution in [-0.4, -0.2) is 34.5 Å². The van der Waals surface area contributed by atoms with Crippen LogP contribution in [0.5, 0.6) is 11.5 Å². The first-order valence-corrected chi connectivity index (χ1v) is 4.61. The van der Waals surface area contributed by atoms with Gasteiger partial charge in [-0.05, 0) is 23.8 Å². The Bertz CT molecular complexity index is 397. The molecule has 0 unspecified atom stereocenters. The van der Waals surface area contributed by atoms with Gasteiger partial charge in [-0.3, -0.25) is 0 Å². The highest BCUT2D eigenvalue weighted by molar-refractivity contribution is 5.87. The van der Waals surface area contributed by atoms with E-state index in [9.17, 15) is 9.90 Å². The number of rotatable bonds is 4. The van der Waals surface area contributed by atoms with E-state index in [0.717, 1.165) is 0 Å². The van der Waals surface area contributed by atoms with E-state index in [2.05, 4.69) is 4.74 Å². The molecule has 0 aliphatic rings. The first-order chi connectivity index (χ1) is 7.63. The third-order valence-electron chi connectivity index (χ3n) is 1.75. The van der Waals surface area contributed by atoms with Crippen LogP contribution in [0.1, 0.15) is 5.56 Å². The summed E-state index contributed by atoms with van der Waals surface area (Å²) in [6, 6.07) is 4.16. The minimum absolute atomic E-state index is 0.0516. The monoisotopic (exact) mass is 224 g/mol. The Hall–Kier alpha value is -2.01. The van der Waals surface area contributed by atoms with Crippen LogP contribution < -0.4 is 0 Å². The standard InChI is InChI=1S/C11H12O5/c12-5-6-16-11(15)4-2-8-1-3-9(13)10(14)7-8/h1-4,7,12-14H,5-6H2. The van der Waals surface area contributed by atoms with Gasteiger partial charge in [0.25, 0.3) is 0 Å². The van der Waals surface area contributed by atoms with Crippen molar-refractivity contribution in [2.24, 2.45) is 0 Å². The molecule has 0 spiro atoms. The number of hydrogen-bond acceptors (Lipinski definition) is 5. The molecule has 0 fully saturated rings. The first kappa shape index (κ1) is 12.1. The predicted molar refractivity (Wildman–Crippen MR) is 56.9 cm³/mol. The molecule has 0 radical (unpaired) electrons. The average Bonchev–Trinajstić information content (AvgIpc) is 2.28. The van der Waals surface area contributed by atoms with Crippen LogP contribution in [0.4, 0.5) is 0 Å². The van der Waals surface area contributed by atoms with Crippen LogP contribution in [0.15, 0.2) is 24.3 Å². The van der Waals surface area contributed by atoms with Crippen molar-refractivity contribution in [2.45, 2.75) is 0 Å². The maximum Gasteiger partial charge on any atom is 0.330 e. The molecule has 86 valence electrons. The highest BCUT2D eigenvalue weighted by Gasteiger charge is 1.99. The Balaban J connectivity index is 2.62. The van der Waals surface area contributed by atoms with Crippen LogP contribution in [0.25, 0.3) is 6.08 Å². The number of aliphatic hydroxyl groups excluding tert-OH is 1. The summed E-state index contributed by atoms with van der Waals surface area (Å²) < 4.78 is 4.58. The SMILES string of the molecule is O=C(C=Cc1ccc(O)c(O)c1)OCCO. The number of phenolic OH excluding ortho intramolecular Hbond substituents is 2. The molecule has 5 heteroatoms. The topological polar surface area (TPSA) is 87.0 Å². The molecule has 0 bridgehead atoms. The third kappa shape index (κ3) is 3.62. The van der Waals surface area contributed by atoms with Gasteiger partial charge in [-0.25, -0.2) is 4.79 Å². The smallest absolute Gasteiger partial charge is 0.330 e. The van der Waals surface area contributed by atoms with Crippen molar-refractivity contribution < 1.29 is 24.9 Å². The number of esters is 1. The summed E-state index contributed by atoms with van der Waals surface area (Å²) >= 11 is 0. The molecule has 0 saturated carbocycles. The van der Waals surface area contributed by atoms with Gasteiger partial charge in [-0.15, -0.1) is 0 Å². The predicted octanol–water partition coefficient (Wildman–Crippen LogP) is 0.646. The molecule has 0 atom stereocenters. The molecule has 0 saturated heterocycles. The zero-order chi connectivity index (χ0) is 12.0. The number of hydrogen-bond donors (Lipinski definition) is 3. The normalized spacial score (nSPS) is 10.6. The highest BCUT2D eigenvalue weighted by Crippen LogP contribution is 2.25. The van der Waals surface area contributed by atoms with E-state index >= 15 is 0 Å². The molecule has 0 aromatic heterocycles. The fraction of sp³-hybridized carbons (Fsp3) is 0.182. The van der Waals surface area contributed by atoms with Gasteiger partial charge in [-0.1, -0.05) is 6.07 Å². The molecule has 0 aliphatic heterocycles. The summed E-state index contributed by atoms with van der Waals surface area (Å²) in [7, 11) is 0. The average molecular weight is 224 g/mol. The lowest BCUT2D eigenvalue weighted by Gasteiger charge is -1.99. The molecule has 5 nitrogen and oxygen atoms in total. The lowest BCUT2D eigenvalue weighted by Crippen LogP contribution is -2.04. The van der Waals surface area contributed by atoms with Crippen molar-refractivity contribution in [3.63, 3.8) is 0 Å². The number of carbonyl (C=O) groups excluding carboxylic acids is 1. The summed E-state index contributed by atoms with van der Waals surface area (Å²) in [5.41, 5.74) is 0.552. The van der Waals surface area contributed by atoms with Crippen molar-refractivity contribution >= 4 is 12.0 Å². The van der Waals surface area contributed by atoms with Crippen LogP contribution in [0.3, 0.4) is 0 Å². The van der Waals surface area contributed by atoms with Crippen molar-refractivity contribution in [2.75, 3.05) is 13.2 Å². The Kier molecular flexibility index (Phi) is 4.35. The number of benzene rings is 1. The van der Waals surface area contributed by atoms with Gasteiger partial charge in [0.15, 0.2) is 11.5 Å². The third-order valence-corrected chi connectivity index (χ3v) is 1.75. The first-order valence-electron chi connectivity index (χ1n) is 4.61. The fourth-order valence-electron chi connectivity index (χ4n) is 1.00. The molecule has 0 aliphatic carbocycles. The Labute approximate surface area is 92.2 Å². The Morgan fingerprint density at radius 2 is 2.06 bits per heavy atom. The Morgan fingerprint density at radius 3 is 2.69 bits per heavy atom. The lowest BCUT2D eigenvalue weighted by atomic mass is 10.2. The molecule has 1 aromatic carbocycles. The largest absolute Gasteiger partial charge is 0.504 e. The molecule has 3 N–H and O–H groups in total.